The molecular weight excluding hydrogens is 397 g/mol. The molecule has 0 saturated heterocycles. The van der Waals surface area contributed by atoms with E-state index in [1.807, 2.05) is 0 Å². The van der Waals surface area contributed by atoms with E-state index in [0.717, 1.165) is 6.42 Å². The Balaban J connectivity index is 0.000000370. The van der Waals surface area contributed by atoms with Crippen molar-refractivity contribution < 1.29 is 42.6 Å². The van der Waals surface area contributed by atoms with Crippen LogP contribution in [0.25, 0.3) is 0 Å². The number of carboxylic acid groups (broad SMARTS) is 2. The van der Waals surface area contributed by atoms with Gasteiger partial charge in [-0.05, 0) is 31.4 Å². The summed E-state index contributed by atoms with van der Waals surface area (Å²) < 4.78 is 31.7. The van der Waals surface area contributed by atoms with Crippen LogP contribution in [0, 0.1) is 5.92 Å². The third kappa shape index (κ3) is 5.53. The lowest BCUT2D eigenvalue weighted by atomic mass is 10.1. The molecule has 2 unspecified atom stereocenters. The highest BCUT2D eigenvalue weighted by atomic mass is 19.4. The summed E-state index contributed by atoms with van der Waals surface area (Å²) in [6.45, 7) is 0.795. The summed E-state index contributed by atoms with van der Waals surface area (Å²) >= 11 is 0. The Hall–Kier alpha value is -2.95. The molecule has 3 N–H and O–H groups in total. The Morgan fingerprint density at radius 3 is 2.00 bits per heavy atom. The summed E-state index contributed by atoms with van der Waals surface area (Å²) in [7, 11) is 0. The van der Waals surface area contributed by atoms with E-state index >= 15 is 0 Å². The molecule has 0 bridgehead atoms. The quantitative estimate of drug-likeness (QED) is 0.625. The Morgan fingerprint density at radius 2 is 1.59 bits per heavy atom. The number of halogens is 3. The second kappa shape index (κ2) is 9.03. The summed E-state index contributed by atoms with van der Waals surface area (Å²) in [6, 6.07) is 6.97. The standard InChI is InChI=1S/C16H18N2O4.C2HF3O2/c19-14-12-3-1-2-4-13(12)15(20)18(14)8-7-17-11-6-5-10(9-11)16(21)22;3-2(4,5)1(6)7/h1-4,10-11,17H,5-9H2,(H,21,22);(H,6,7). The number of nitrogens with zero attached hydrogens (tertiary/aromatic N) is 1. The number of carboxylic acids is 2. The number of nitrogens with one attached hydrogen (secondary N) is 1. The van der Waals surface area contributed by atoms with Gasteiger partial charge in [0.2, 0.25) is 0 Å². The number of fused-ring (bicyclic) bond motifs is 1. The topological polar surface area (TPSA) is 124 Å². The van der Waals surface area contributed by atoms with E-state index < -0.39 is 18.1 Å². The average molecular weight is 416 g/mol. The largest absolute Gasteiger partial charge is 0.490 e. The molecule has 1 saturated carbocycles. The summed E-state index contributed by atoms with van der Waals surface area (Å²) in [5.74, 6) is -4.29. The van der Waals surface area contributed by atoms with Crippen LogP contribution in [0.15, 0.2) is 24.3 Å². The van der Waals surface area contributed by atoms with Gasteiger partial charge in [0.05, 0.1) is 17.0 Å². The maximum absolute atomic E-state index is 12.2. The Bertz CT molecular complexity index is 776. The van der Waals surface area contributed by atoms with Crippen LogP contribution in [0.4, 0.5) is 13.2 Å². The first kappa shape index (κ1) is 22.3. The number of benzene rings is 1. The average Bonchev–Trinajstić information content (AvgIpc) is 3.21. The van der Waals surface area contributed by atoms with Crippen molar-refractivity contribution in [2.45, 2.75) is 31.5 Å². The highest BCUT2D eigenvalue weighted by Gasteiger charge is 2.38. The number of amides is 2. The van der Waals surface area contributed by atoms with Gasteiger partial charge in [0.15, 0.2) is 0 Å². The molecule has 11 heteroatoms. The first-order valence-corrected chi connectivity index (χ1v) is 8.74. The van der Waals surface area contributed by atoms with E-state index in [1.165, 1.54) is 4.90 Å². The molecule has 1 aromatic rings. The van der Waals surface area contributed by atoms with Crippen molar-refractivity contribution in [1.29, 1.82) is 0 Å². The maximum Gasteiger partial charge on any atom is 0.490 e. The first-order valence-electron chi connectivity index (χ1n) is 8.74. The third-order valence-corrected chi connectivity index (χ3v) is 4.67. The molecule has 1 aliphatic carbocycles. The zero-order valence-electron chi connectivity index (χ0n) is 15.1. The van der Waals surface area contributed by atoms with Crippen LogP contribution in [0.5, 0.6) is 0 Å². The van der Waals surface area contributed by atoms with Gasteiger partial charge in [0, 0.05) is 19.1 Å². The lowest BCUT2D eigenvalue weighted by Crippen LogP contribution is -2.39. The normalized spacial score (nSPS) is 20.9. The van der Waals surface area contributed by atoms with Crippen LogP contribution in [0.3, 0.4) is 0 Å². The van der Waals surface area contributed by atoms with Crippen LogP contribution >= 0.6 is 0 Å². The van der Waals surface area contributed by atoms with Crippen molar-refractivity contribution in [2.75, 3.05) is 13.1 Å². The molecule has 1 aliphatic heterocycles. The fourth-order valence-electron chi connectivity index (χ4n) is 3.21. The van der Waals surface area contributed by atoms with Crippen LogP contribution in [0.1, 0.15) is 40.0 Å². The second-order valence-electron chi connectivity index (χ2n) is 6.61. The minimum Gasteiger partial charge on any atom is -0.481 e. The molecule has 2 aliphatic rings. The molecule has 1 aromatic carbocycles. The van der Waals surface area contributed by atoms with Crippen LogP contribution in [0.2, 0.25) is 0 Å². The van der Waals surface area contributed by atoms with Gasteiger partial charge >= 0.3 is 18.1 Å². The Morgan fingerprint density at radius 1 is 1.07 bits per heavy atom. The van der Waals surface area contributed by atoms with Crippen molar-refractivity contribution in [2.24, 2.45) is 5.92 Å². The fraction of sp³-hybridized carbons (Fsp3) is 0.444. The lowest BCUT2D eigenvalue weighted by Gasteiger charge is -2.17. The van der Waals surface area contributed by atoms with E-state index in [-0.39, 0.29) is 23.8 Å². The SMILES string of the molecule is O=C(O)C(F)(F)F.O=C(O)C1CCC(NCCN2C(=O)c3ccccc3C2=O)C1. The van der Waals surface area contributed by atoms with Gasteiger partial charge < -0.3 is 15.5 Å². The van der Waals surface area contributed by atoms with Crippen molar-refractivity contribution >= 4 is 23.8 Å². The van der Waals surface area contributed by atoms with Gasteiger partial charge in [-0.25, -0.2) is 4.79 Å². The molecule has 29 heavy (non-hydrogen) atoms. The lowest BCUT2D eigenvalue weighted by molar-refractivity contribution is -0.192. The second-order valence-corrected chi connectivity index (χ2v) is 6.61. The van der Waals surface area contributed by atoms with Gasteiger partial charge in [-0.1, -0.05) is 12.1 Å². The zero-order valence-corrected chi connectivity index (χ0v) is 15.1. The number of imide groups is 1. The number of hydrogen-bond acceptors (Lipinski definition) is 5. The summed E-state index contributed by atoms with van der Waals surface area (Å²) in [5, 5.41) is 19.4. The number of aliphatic carboxylic acids is 2. The molecule has 2 atom stereocenters. The first-order chi connectivity index (χ1) is 13.5. The number of carbonyl (C=O) groups is 4. The van der Waals surface area contributed by atoms with Crippen molar-refractivity contribution in [3.63, 3.8) is 0 Å². The van der Waals surface area contributed by atoms with Crippen molar-refractivity contribution in [3.05, 3.63) is 35.4 Å². The number of alkyl halides is 3. The van der Waals surface area contributed by atoms with E-state index in [4.69, 9.17) is 15.0 Å². The molecule has 8 nitrogen and oxygen atoms in total. The Kier molecular flexibility index (Phi) is 6.96. The van der Waals surface area contributed by atoms with E-state index in [9.17, 15) is 27.6 Å². The summed E-state index contributed by atoms with van der Waals surface area (Å²) in [6.07, 6.45) is -2.98. The number of hydrogen-bond donors (Lipinski definition) is 3. The molecule has 2 amide bonds. The molecule has 3 rings (SSSR count). The molecule has 158 valence electrons. The van der Waals surface area contributed by atoms with Gasteiger partial charge in [0.1, 0.15) is 0 Å². The van der Waals surface area contributed by atoms with E-state index in [2.05, 4.69) is 5.32 Å². The molecule has 1 heterocycles. The zero-order chi connectivity index (χ0) is 21.8. The predicted molar refractivity (Wildman–Crippen MR) is 92.3 cm³/mol. The van der Waals surface area contributed by atoms with Crippen LogP contribution in [-0.2, 0) is 9.59 Å². The molecule has 1 fully saturated rings. The van der Waals surface area contributed by atoms with Gasteiger partial charge in [-0.3, -0.25) is 19.3 Å². The summed E-state index contributed by atoms with van der Waals surface area (Å²) in [5.41, 5.74) is 0.915. The van der Waals surface area contributed by atoms with E-state index in [0.29, 0.717) is 37.1 Å². The monoisotopic (exact) mass is 416 g/mol. The van der Waals surface area contributed by atoms with Crippen molar-refractivity contribution in [3.8, 4) is 0 Å². The van der Waals surface area contributed by atoms with E-state index in [1.54, 1.807) is 24.3 Å². The van der Waals surface area contributed by atoms with Crippen LogP contribution in [-0.4, -0.2) is 64.2 Å². The van der Waals surface area contributed by atoms with Gasteiger partial charge in [0.25, 0.3) is 11.8 Å². The maximum atomic E-state index is 12.2. The fourth-order valence-corrected chi connectivity index (χ4v) is 3.21. The highest BCUT2D eigenvalue weighted by molar-refractivity contribution is 6.21. The van der Waals surface area contributed by atoms with Crippen molar-refractivity contribution in [1.82, 2.24) is 10.2 Å². The number of carbonyl (C=O) groups excluding carboxylic acids is 2. The molecule has 0 spiro atoms. The summed E-state index contributed by atoms with van der Waals surface area (Å²) in [4.78, 5) is 45.4. The minimum atomic E-state index is -5.08. The minimum absolute atomic E-state index is 0.149. The third-order valence-electron chi connectivity index (χ3n) is 4.67. The Labute approximate surface area is 163 Å². The predicted octanol–water partition coefficient (Wildman–Crippen LogP) is 1.76. The van der Waals surface area contributed by atoms with Gasteiger partial charge in [-0.15, -0.1) is 0 Å². The smallest absolute Gasteiger partial charge is 0.481 e. The van der Waals surface area contributed by atoms with Gasteiger partial charge in [-0.2, -0.15) is 13.2 Å². The molecular formula is C18H19F3N2O6. The molecule has 0 radical (unpaired) electrons. The molecule has 0 aromatic heterocycles. The highest BCUT2D eigenvalue weighted by Crippen LogP contribution is 2.26. The van der Waals surface area contributed by atoms with Crippen LogP contribution < -0.4 is 5.32 Å². The number of rotatable bonds is 5.